The third kappa shape index (κ3) is 8.67. The van der Waals surface area contributed by atoms with Crippen LogP contribution in [0.3, 0.4) is 0 Å². The van der Waals surface area contributed by atoms with Gasteiger partial charge in [0.1, 0.15) is 0 Å². The van der Waals surface area contributed by atoms with Gasteiger partial charge in [-0.25, -0.2) is 0 Å². The van der Waals surface area contributed by atoms with E-state index < -0.39 is 32.6 Å². The second-order valence-corrected chi connectivity index (χ2v) is 56.2. The van der Waals surface area contributed by atoms with Crippen molar-refractivity contribution in [3.8, 4) is 22.3 Å². The molecule has 0 aromatic heterocycles. The van der Waals surface area contributed by atoms with Gasteiger partial charge in [0.2, 0.25) is 0 Å². The Bertz CT molecular complexity index is 2180. The Labute approximate surface area is 370 Å². The fourth-order valence-electron chi connectivity index (χ4n) is 10.7. The molecular weight excluding hydrogens is 868 g/mol. The van der Waals surface area contributed by atoms with Gasteiger partial charge < -0.3 is 0 Å². The minimum absolute atomic E-state index is 0.0183. The van der Waals surface area contributed by atoms with E-state index in [4.69, 9.17) is 0 Å². The molecule has 4 aromatic rings. The van der Waals surface area contributed by atoms with E-state index in [0.29, 0.717) is 0 Å². The molecule has 0 spiro atoms. The van der Waals surface area contributed by atoms with E-state index in [1.54, 1.807) is 0 Å². The molecule has 0 aliphatic heterocycles. The molecule has 2 aliphatic rings. The van der Waals surface area contributed by atoms with Crippen molar-refractivity contribution in [3.63, 3.8) is 0 Å². The van der Waals surface area contributed by atoms with Crippen LogP contribution in [0.4, 0.5) is 0 Å². The number of rotatable bonds is 8. The standard InChI is InChI=1S/2C23H27.C6H19BNSi2.2ClH.Zr/c2*1-22(2,3)17-14-16-10-9-12-18(20(16)15-17)19-11-7-8-13-21(19)23(4,5)6;1-9(2,3)8(7)10(4,5)6;;;/h2*7-15H,1-6H3;7H,1-6H3;2*1H;/q;;+1;;;+1/p-2. The Balaban J connectivity index is 1.76. The van der Waals surface area contributed by atoms with Crippen LogP contribution in [0, 0.1) is 10.8 Å². The molecule has 0 saturated heterocycles. The first-order valence-corrected chi connectivity index (χ1v) is 39.8. The predicted molar refractivity (Wildman–Crippen MR) is 269 cm³/mol. The summed E-state index contributed by atoms with van der Waals surface area (Å²) in [5.74, 6) is 0. The van der Waals surface area contributed by atoms with Gasteiger partial charge in [0.05, 0.1) is 0 Å². The maximum absolute atomic E-state index is 9.37. The summed E-state index contributed by atoms with van der Waals surface area (Å²) in [7, 11) is 14.9. The van der Waals surface area contributed by atoms with Gasteiger partial charge in [-0.1, -0.05) is 0 Å². The van der Waals surface area contributed by atoms with Crippen molar-refractivity contribution in [3.05, 3.63) is 129 Å². The first kappa shape index (κ1) is 46.8. The van der Waals surface area contributed by atoms with Crippen LogP contribution in [0.25, 0.3) is 34.4 Å². The number of allylic oxidation sites excluding steroid dienone is 2. The fourth-order valence-corrected chi connectivity index (χ4v) is 53.3. The van der Waals surface area contributed by atoms with Crippen molar-refractivity contribution in [2.24, 2.45) is 10.8 Å². The molecule has 7 heteroatoms. The molecule has 0 fully saturated rings. The Hall–Kier alpha value is -1.72. The third-order valence-corrected chi connectivity index (χ3v) is 40.0. The normalized spacial score (nSPS) is 18.6. The zero-order chi connectivity index (χ0) is 44.1. The Kier molecular flexibility index (Phi) is 12.1. The third-order valence-electron chi connectivity index (χ3n) is 13.2. The van der Waals surface area contributed by atoms with Gasteiger partial charge in [-0.2, -0.15) is 0 Å². The fraction of sp³-hybridized carbons (Fsp3) is 0.462. The number of benzene rings is 4. The molecular formula is C52H73BCl2NSi2Zr. The summed E-state index contributed by atoms with van der Waals surface area (Å²) in [6, 6.07) is 32.1. The quantitative estimate of drug-likeness (QED) is 0.159. The summed E-state index contributed by atoms with van der Waals surface area (Å²) in [5.41, 5.74) is 15.6. The summed E-state index contributed by atoms with van der Waals surface area (Å²) in [4.78, 5) is 0.774. The van der Waals surface area contributed by atoms with Crippen LogP contribution in [0.5, 0.6) is 0 Å². The summed E-state index contributed by atoms with van der Waals surface area (Å²) in [6.45, 7) is 43.4. The molecule has 2 atom stereocenters. The molecule has 0 radical (unpaired) electrons. The zero-order valence-electron chi connectivity index (χ0n) is 39.8. The summed E-state index contributed by atoms with van der Waals surface area (Å²) in [6.07, 6.45) is 5.10. The first-order valence-electron chi connectivity index (χ1n) is 22.0. The van der Waals surface area contributed by atoms with Crippen molar-refractivity contribution in [2.45, 2.75) is 140 Å². The second kappa shape index (κ2) is 15.2. The Morgan fingerprint density at radius 3 is 1.08 bits per heavy atom. The minimum atomic E-state index is -5.52. The van der Waals surface area contributed by atoms with Gasteiger partial charge in [0.25, 0.3) is 0 Å². The van der Waals surface area contributed by atoms with Crippen molar-refractivity contribution in [2.75, 3.05) is 0 Å². The Morgan fingerprint density at radius 1 is 0.458 bits per heavy atom. The summed E-state index contributed by atoms with van der Waals surface area (Å²) >= 11 is -5.52. The van der Waals surface area contributed by atoms with E-state index >= 15 is 0 Å². The maximum atomic E-state index is 9.37. The first-order chi connectivity index (χ1) is 26.8. The van der Waals surface area contributed by atoms with E-state index in [1.807, 2.05) is 0 Å². The van der Waals surface area contributed by atoms with Gasteiger partial charge in [-0.15, -0.1) is 0 Å². The molecule has 0 bridgehead atoms. The van der Waals surface area contributed by atoms with Gasteiger partial charge in [-0.3, -0.25) is 0 Å². The SMILES string of the molecule is CC(C)(C)C1=Cc2c(-c3ccccc3C(C)(C)C)cccc2[CH]1[Zr]([Cl])([Cl])([BH]N([Si](C)(C)C)[Si](C)(C)C)[CH]1C(C(C)(C)C)=Cc2c(-c3ccccc3C(C)(C)C)cccc21. The summed E-state index contributed by atoms with van der Waals surface area (Å²) < 4.78 is 2.78. The number of hydrogen-bond acceptors (Lipinski definition) is 1. The van der Waals surface area contributed by atoms with Crippen LogP contribution in [-0.4, -0.2) is 25.6 Å². The zero-order valence-corrected chi connectivity index (χ0v) is 45.8. The molecule has 59 heavy (non-hydrogen) atoms. The van der Waals surface area contributed by atoms with Crippen LogP contribution < -0.4 is 0 Å². The van der Waals surface area contributed by atoms with E-state index in [-0.39, 0.29) is 28.9 Å². The van der Waals surface area contributed by atoms with E-state index in [1.165, 1.54) is 66.8 Å². The molecule has 1 nitrogen and oxygen atoms in total. The second-order valence-electron chi connectivity index (χ2n) is 24.1. The van der Waals surface area contributed by atoms with E-state index in [0.717, 1.165) is 4.95 Å². The van der Waals surface area contributed by atoms with Crippen molar-refractivity contribution in [1.29, 1.82) is 0 Å². The number of nitrogens with zero attached hydrogens (tertiary/aromatic N) is 1. The number of halogens is 2. The average molecular weight is 941 g/mol. The topological polar surface area (TPSA) is 3.24 Å². The van der Waals surface area contributed by atoms with Gasteiger partial charge in [0.15, 0.2) is 0 Å². The van der Waals surface area contributed by atoms with E-state index in [9.17, 15) is 17.0 Å². The molecule has 0 saturated carbocycles. The van der Waals surface area contributed by atoms with Crippen LogP contribution in [-0.2, 0) is 27.0 Å². The molecule has 2 unspecified atom stereocenters. The van der Waals surface area contributed by atoms with Crippen molar-refractivity contribution in [1.82, 2.24) is 4.14 Å². The van der Waals surface area contributed by atoms with Crippen LogP contribution in [0.15, 0.2) is 96.1 Å². The predicted octanol–water partition coefficient (Wildman–Crippen LogP) is 16.5. The van der Waals surface area contributed by atoms with Crippen LogP contribution >= 0.6 is 17.0 Å². The van der Waals surface area contributed by atoms with Gasteiger partial charge >= 0.3 is 374 Å². The molecule has 315 valence electrons. The van der Waals surface area contributed by atoms with Crippen LogP contribution in [0.1, 0.15) is 124 Å². The Morgan fingerprint density at radius 2 is 0.780 bits per heavy atom. The van der Waals surface area contributed by atoms with Gasteiger partial charge in [-0.05, 0) is 0 Å². The molecule has 2 aliphatic carbocycles. The van der Waals surface area contributed by atoms with Crippen LogP contribution in [0.2, 0.25) is 39.3 Å². The molecule has 0 amide bonds. The average Bonchev–Trinajstić information content (AvgIpc) is 3.71. The molecule has 6 rings (SSSR count). The summed E-state index contributed by atoms with van der Waals surface area (Å²) in [5, 5.41) is 0. The molecule has 0 heterocycles. The van der Waals surface area contributed by atoms with Crippen molar-refractivity contribution >= 4 is 50.6 Å². The molecule has 0 N–H and O–H groups in total. The molecule has 4 aromatic carbocycles. The monoisotopic (exact) mass is 938 g/mol. The number of fused-ring (bicyclic) bond motifs is 2. The van der Waals surface area contributed by atoms with Gasteiger partial charge in [0, 0.05) is 0 Å². The van der Waals surface area contributed by atoms with E-state index in [2.05, 4.69) is 224 Å². The number of hydrogen-bond donors (Lipinski definition) is 0. The van der Waals surface area contributed by atoms with Crippen molar-refractivity contribution < 1.29 is 16.2 Å².